The molecule has 0 heterocycles. The van der Waals surface area contributed by atoms with E-state index in [2.05, 4.69) is 55.2 Å². The lowest BCUT2D eigenvalue weighted by Gasteiger charge is -2.23. The van der Waals surface area contributed by atoms with E-state index in [1.54, 1.807) is 0 Å². The Labute approximate surface area is 310 Å². The van der Waals surface area contributed by atoms with Gasteiger partial charge in [0.15, 0.2) is 0 Å². The van der Waals surface area contributed by atoms with Crippen LogP contribution in [0, 0.1) is 0 Å². The number of amides is 1. The van der Waals surface area contributed by atoms with E-state index in [-0.39, 0.29) is 17.2 Å². The number of unbranched alkanes of at least 4 members (excludes halogenated alkanes) is 12. The van der Waals surface area contributed by atoms with Crippen molar-refractivity contribution in [3.05, 3.63) is 59.7 Å². The van der Waals surface area contributed by atoms with Gasteiger partial charge in [0.05, 0.1) is 0 Å². The van der Waals surface area contributed by atoms with Gasteiger partial charge in [-0.15, -0.1) is 0 Å². The number of benzene rings is 1. The van der Waals surface area contributed by atoms with E-state index < -0.39 is 0 Å². The van der Waals surface area contributed by atoms with Gasteiger partial charge in [-0.25, -0.2) is 0 Å². The van der Waals surface area contributed by atoms with Crippen LogP contribution in [0.4, 0.5) is 4.79 Å². The fraction of sp³-hybridized carbons (Fsp3) is 0.690. The number of nitrogens with zero attached hydrogens (tertiary/aromatic N) is 2. The third-order valence-electron chi connectivity index (χ3n) is 8.54. The second-order valence-corrected chi connectivity index (χ2v) is 14.6. The maximum absolute atomic E-state index is 13.2. The minimum absolute atomic E-state index is 0.118. The highest BCUT2D eigenvalue weighted by Crippen LogP contribution is 2.17. The highest BCUT2D eigenvalue weighted by molar-refractivity contribution is 8.13. The number of carbonyl (C=O) groups is 3. The van der Waals surface area contributed by atoms with Crippen molar-refractivity contribution >= 4 is 28.9 Å². The summed E-state index contributed by atoms with van der Waals surface area (Å²) >= 11 is 1.39. The fourth-order valence-electron chi connectivity index (χ4n) is 5.39. The SMILES string of the molecule is CCCCCC/C=C\COC(=O)CCCCCCCN(Cc1ccc(CCCC(=O)OC/C=C\CCCCCC)cc1)C(=O)SCCN(C)C. The third-order valence-corrected chi connectivity index (χ3v) is 9.43. The number of allylic oxidation sites excluding steroid dienone is 2. The topological polar surface area (TPSA) is 76.1 Å². The number of ether oxygens (including phenoxy) is 2. The lowest BCUT2D eigenvalue weighted by atomic mass is 10.1. The Morgan fingerprint density at radius 3 is 1.72 bits per heavy atom. The molecule has 1 aromatic carbocycles. The largest absolute Gasteiger partial charge is 0.461 e. The van der Waals surface area contributed by atoms with Crippen LogP contribution >= 0.6 is 11.8 Å². The molecule has 0 spiro atoms. The normalized spacial score (nSPS) is 11.5. The Balaban J connectivity index is 2.37. The summed E-state index contributed by atoms with van der Waals surface area (Å²) < 4.78 is 10.7. The molecule has 0 N–H and O–H groups in total. The summed E-state index contributed by atoms with van der Waals surface area (Å²) in [5, 5.41) is 0.124. The average molecular weight is 715 g/mol. The van der Waals surface area contributed by atoms with Crippen LogP contribution < -0.4 is 0 Å². The molecule has 1 amide bonds. The summed E-state index contributed by atoms with van der Waals surface area (Å²) in [6.45, 7) is 7.33. The van der Waals surface area contributed by atoms with Gasteiger partial charge < -0.3 is 19.3 Å². The third kappa shape index (κ3) is 27.2. The Morgan fingerprint density at radius 2 is 1.14 bits per heavy atom. The molecule has 0 bridgehead atoms. The molecule has 284 valence electrons. The molecule has 0 unspecified atom stereocenters. The molecule has 1 rings (SSSR count). The molecule has 50 heavy (non-hydrogen) atoms. The van der Waals surface area contributed by atoms with Crippen LogP contribution in [0.2, 0.25) is 0 Å². The monoisotopic (exact) mass is 715 g/mol. The van der Waals surface area contributed by atoms with Crippen LogP contribution in [0.15, 0.2) is 48.6 Å². The first-order valence-corrected chi connectivity index (χ1v) is 20.6. The van der Waals surface area contributed by atoms with Gasteiger partial charge in [-0.2, -0.15) is 0 Å². The van der Waals surface area contributed by atoms with Crippen molar-refractivity contribution in [2.75, 3.05) is 46.2 Å². The van der Waals surface area contributed by atoms with Crippen molar-refractivity contribution in [2.45, 2.75) is 142 Å². The highest BCUT2D eigenvalue weighted by atomic mass is 32.2. The fourth-order valence-corrected chi connectivity index (χ4v) is 6.36. The predicted octanol–water partition coefficient (Wildman–Crippen LogP) is 10.7. The van der Waals surface area contributed by atoms with E-state index in [1.165, 1.54) is 68.7 Å². The van der Waals surface area contributed by atoms with Gasteiger partial charge in [-0.1, -0.05) is 132 Å². The number of carbonyl (C=O) groups excluding carboxylic acids is 3. The molecule has 0 saturated heterocycles. The zero-order valence-corrected chi connectivity index (χ0v) is 33.0. The zero-order valence-electron chi connectivity index (χ0n) is 32.1. The molecule has 0 aliphatic heterocycles. The number of aryl methyl sites for hydroxylation is 1. The summed E-state index contributed by atoms with van der Waals surface area (Å²) in [7, 11) is 4.05. The van der Waals surface area contributed by atoms with Crippen molar-refractivity contribution in [1.29, 1.82) is 0 Å². The summed E-state index contributed by atoms with van der Waals surface area (Å²) in [5.41, 5.74) is 2.30. The molecule has 1 aromatic rings. The zero-order chi connectivity index (χ0) is 36.5. The minimum Gasteiger partial charge on any atom is -0.461 e. The number of hydrogen-bond acceptors (Lipinski definition) is 7. The van der Waals surface area contributed by atoms with Gasteiger partial charge in [-0.3, -0.25) is 14.4 Å². The van der Waals surface area contributed by atoms with Crippen LogP contribution in [0.25, 0.3) is 0 Å². The van der Waals surface area contributed by atoms with Crippen LogP contribution in [-0.2, 0) is 32.0 Å². The molecular formula is C42H70N2O5S. The molecule has 0 atom stereocenters. The van der Waals surface area contributed by atoms with Gasteiger partial charge >= 0.3 is 11.9 Å². The Bertz CT molecular complexity index is 1060. The van der Waals surface area contributed by atoms with Crippen molar-refractivity contribution in [1.82, 2.24) is 9.80 Å². The van der Waals surface area contributed by atoms with E-state index >= 15 is 0 Å². The molecule has 0 aromatic heterocycles. The van der Waals surface area contributed by atoms with E-state index in [9.17, 15) is 14.4 Å². The van der Waals surface area contributed by atoms with Crippen molar-refractivity contribution in [2.24, 2.45) is 0 Å². The van der Waals surface area contributed by atoms with Gasteiger partial charge in [0.1, 0.15) is 13.2 Å². The average Bonchev–Trinajstić information content (AvgIpc) is 3.10. The van der Waals surface area contributed by atoms with E-state index in [0.717, 1.165) is 82.2 Å². The van der Waals surface area contributed by atoms with Crippen molar-refractivity contribution in [3.8, 4) is 0 Å². The van der Waals surface area contributed by atoms with Crippen LogP contribution in [0.5, 0.6) is 0 Å². The van der Waals surface area contributed by atoms with Gasteiger partial charge in [0, 0.05) is 38.2 Å². The first kappa shape index (κ1) is 45.4. The smallest absolute Gasteiger partial charge is 0.306 e. The summed E-state index contributed by atoms with van der Waals surface area (Å²) in [6.07, 6.45) is 27.5. The first-order valence-electron chi connectivity index (χ1n) is 19.6. The highest BCUT2D eigenvalue weighted by Gasteiger charge is 2.15. The molecule has 8 heteroatoms. The van der Waals surface area contributed by atoms with Crippen LogP contribution in [0.3, 0.4) is 0 Å². The van der Waals surface area contributed by atoms with E-state index in [1.807, 2.05) is 31.1 Å². The number of rotatable bonds is 31. The number of hydrogen-bond donors (Lipinski definition) is 0. The quantitative estimate of drug-likeness (QED) is 0.0430. The predicted molar refractivity (Wildman–Crippen MR) is 212 cm³/mol. The lowest BCUT2D eigenvalue weighted by molar-refractivity contribution is -0.143. The Morgan fingerprint density at radius 1 is 0.620 bits per heavy atom. The Hall–Kier alpha value is -2.58. The van der Waals surface area contributed by atoms with E-state index in [4.69, 9.17) is 9.47 Å². The molecule has 0 saturated carbocycles. The lowest BCUT2D eigenvalue weighted by Crippen LogP contribution is -2.29. The van der Waals surface area contributed by atoms with Gasteiger partial charge in [-0.05, 0) is 76.6 Å². The van der Waals surface area contributed by atoms with Crippen molar-refractivity contribution in [3.63, 3.8) is 0 Å². The second-order valence-electron chi connectivity index (χ2n) is 13.5. The van der Waals surface area contributed by atoms with Gasteiger partial charge in [0.25, 0.3) is 5.24 Å². The number of esters is 2. The van der Waals surface area contributed by atoms with Crippen molar-refractivity contribution < 1.29 is 23.9 Å². The van der Waals surface area contributed by atoms with Gasteiger partial charge in [0.2, 0.25) is 0 Å². The molecule has 7 nitrogen and oxygen atoms in total. The summed E-state index contributed by atoms with van der Waals surface area (Å²) in [6, 6.07) is 8.43. The standard InChI is InChI=1S/C42H70N2O5S/c1-5-7-9-11-13-18-22-34-48-40(45)26-20-16-15-17-21-32-44(42(47)50-36-33-43(3)4)37-39-30-28-38(29-31-39)25-24-27-41(46)49-35-23-19-14-12-10-8-6-2/h18-19,22-23,28-31H,5-17,20-21,24-27,32-37H2,1-4H3/b22-18-,23-19-. The summed E-state index contributed by atoms with van der Waals surface area (Å²) in [4.78, 5) is 41.4. The molecule has 0 aliphatic rings. The van der Waals surface area contributed by atoms with E-state index in [0.29, 0.717) is 32.6 Å². The number of thioether (sulfide) groups is 1. The minimum atomic E-state index is -0.146. The maximum atomic E-state index is 13.2. The molecule has 0 aliphatic carbocycles. The van der Waals surface area contributed by atoms with Crippen LogP contribution in [-0.4, -0.2) is 73.1 Å². The Kier molecular flexibility index (Phi) is 29.4. The maximum Gasteiger partial charge on any atom is 0.306 e. The molecule has 0 radical (unpaired) electrons. The second kappa shape index (κ2) is 32.3. The first-order chi connectivity index (χ1) is 24.3. The summed E-state index contributed by atoms with van der Waals surface area (Å²) in [5.74, 6) is 0.504. The van der Waals surface area contributed by atoms with Crippen LogP contribution in [0.1, 0.15) is 141 Å². The molecular weight excluding hydrogens is 645 g/mol. The molecule has 0 fully saturated rings.